The lowest BCUT2D eigenvalue weighted by molar-refractivity contribution is 0.308. The van der Waals surface area contributed by atoms with Gasteiger partial charge in [0.15, 0.2) is 0 Å². The van der Waals surface area contributed by atoms with Gasteiger partial charge in [-0.2, -0.15) is 0 Å². The third-order valence-corrected chi connectivity index (χ3v) is 8.24. The standard InChI is InChI=1S/C30H41F/c1-3-5-22-7-11-24(12-8-22)25-15-17-27(18-16-25)29-20-19-28(21-30(29)31)26-13-9-23(6-4-2)10-14-26/h15-24,26H,3-14H2,1-2H3/t22-,23-,24-,26-. The van der Waals surface area contributed by atoms with E-state index >= 15 is 4.39 Å². The number of rotatable bonds is 7. The summed E-state index contributed by atoms with van der Waals surface area (Å²) in [5.74, 6) is 3.01. The third-order valence-electron chi connectivity index (χ3n) is 8.24. The molecule has 4 rings (SSSR count). The second-order valence-corrected chi connectivity index (χ2v) is 10.4. The Bertz CT molecular complexity index is 805. The van der Waals surface area contributed by atoms with Crippen LogP contribution in [0.3, 0.4) is 0 Å². The molecule has 168 valence electrons. The molecule has 2 saturated carbocycles. The van der Waals surface area contributed by atoms with Gasteiger partial charge >= 0.3 is 0 Å². The van der Waals surface area contributed by atoms with Crippen molar-refractivity contribution < 1.29 is 4.39 Å². The molecule has 0 heterocycles. The molecule has 0 spiro atoms. The van der Waals surface area contributed by atoms with Crippen LogP contribution in [0.15, 0.2) is 42.5 Å². The van der Waals surface area contributed by atoms with Gasteiger partial charge in [-0.3, -0.25) is 0 Å². The highest BCUT2D eigenvalue weighted by molar-refractivity contribution is 5.65. The minimum atomic E-state index is -0.0546. The van der Waals surface area contributed by atoms with Crippen LogP contribution < -0.4 is 0 Å². The Morgan fingerprint density at radius 3 is 1.61 bits per heavy atom. The van der Waals surface area contributed by atoms with Gasteiger partial charge in [0.2, 0.25) is 0 Å². The van der Waals surface area contributed by atoms with Crippen molar-refractivity contribution in [3.8, 4) is 11.1 Å². The fraction of sp³-hybridized carbons (Fsp3) is 0.600. The summed E-state index contributed by atoms with van der Waals surface area (Å²) in [6.45, 7) is 4.58. The van der Waals surface area contributed by atoms with E-state index in [9.17, 15) is 0 Å². The van der Waals surface area contributed by atoms with Crippen LogP contribution in [-0.2, 0) is 0 Å². The summed E-state index contributed by atoms with van der Waals surface area (Å²) < 4.78 is 15.1. The van der Waals surface area contributed by atoms with Gasteiger partial charge in [0, 0.05) is 5.56 Å². The van der Waals surface area contributed by atoms with Crippen LogP contribution in [0.25, 0.3) is 11.1 Å². The van der Waals surface area contributed by atoms with E-state index in [1.165, 1.54) is 88.2 Å². The quantitative estimate of drug-likeness (QED) is 0.418. The maximum Gasteiger partial charge on any atom is 0.131 e. The normalized spacial score (nSPS) is 26.7. The first-order valence-corrected chi connectivity index (χ1v) is 13.1. The van der Waals surface area contributed by atoms with E-state index in [0.29, 0.717) is 11.8 Å². The third kappa shape index (κ3) is 5.60. The molecular formula is C30H41F. The van der Waals surface area contributed by atoms with E-state index in [1.54, 1.807) is 0 Å². The van der Waals surface area contributed by atoms with Gasteiger partial charge in [-0.15, -0.1) is 0 Å². The van der Waals surface area contributed by atoms with Crippen LogP contribution in [0, 0.1) is 17.7 Å². The molecule has 2 aliphatic carbocycles. The van der Waals surface area contributed by atoms with Crippen LogP contribution in [0.4, 0.5) is 4.39 Å². The fourth-order valence-electron chi connectivity index (χ4n) is 6.34. The molecule has 0 unspecified atom stereocenters. The summed E-state index contributed by atoms with van der Waals surface area (Å²) in [6, 6.07) is 14.8. The first-order valence-electron chi connectivity index (χ1n) is 13.1. The van der Waals surface area contributed by atoms with E-state index < -0.39 is 0 Å². The Balaban J connectivity index is 1.39. The summed E-state index contributed by atoms with van der Waals surface area (Å²) in [6.07, 6.45) is 15.8. The summed E-state index contributed by atoms with van der Waals surface area (Å²) in [7, 11) is 0. The summed E-state index contributed by atoms with van der Waals surface area (Å²) in [5.41, 5.74) is 4.41. The SMILES string of the molecule is CCC[C@H]1CC[C@H](c2ccc(-c3ccc([C@H]4CC[C@H](CCC)CC4)cc3F)cc2)CC1. The van der Waals surface area contributed by atoms with Crippen molar-refractivity contribution in [3.63, 3.8) is 0 Å². The Morgan fingerprint density at radius 2 is 1.13 bits per heavy atom. The molecule has 0 saturated heterocycles. The molecule has 0 aliphatic heterocycles. The predicted octanol–water partition coefficient (Wildman–Crippen LogP) is 9.64. The minimum Gasteiger partial charge on any atom is -0.206 e. The average molecular weight is 421 g/mol. The molecule has 2 aromatic carbocycles. The number of hydrogen-bond donors (Lipinski definition) is 0. The van der Waals surface area contributed by atoms with Crippen molar-refractivity contribution in [1.82, 2.24) is 0 Å². The predicted molar refractivity (Wildman–Crippen MR) is 131 cm³/mol. The van der Waals surface area contributed by atoms with Crippen LogP contribution in [-0.4, -0.2) is 0 Å². The van der Waals surface area contributed by atoms with Crippen molar-refractivity contribution in [3.05, 3.63) is 59.4 Å². The molecule has 1 heteroatoms. The highest BCUT2D eigenvalue weighted by Crippen LogP contribution is 2.40. The van der Waals surface area contributed by atoms with Crippen LogP contribution in [0.5, 0.6) is 0 Å². The molecule has 0 aromatic heterocycles. The molecule has 0 radical (unpaired) electrons. The molecule has 2 aromatic rings. The maximum absolute atomic E-state index is 15.1. The van der Waals surface area contributed by atoms with Crippen molar-refractivity contribution in [2.75, 3.05) is 0 Å². The van der Waals surface area contributed by atoms with Gasteiger partial charge < -0.3 is 0 Å². The van der Waals surface area contributed by atoms with Crippen LogP contribution in [0.2, 0.25) is 0 Å². The van der Waals surface area contributed by atoms with Gasteiger partial charge in [-0.1, -0.05) is 75.9 Å². The molecule has 2 aliphatic rings. The first kappa shape index (κ1) is 22.6. The Labute approximate surface area is 189 Å². The van der Waals surface area contributed by atoms with E-state index in [1.807, 2.05) is 12.1 Å². The minimum absolute atomic E-state index is 0.0546. The first-order chi connectivity index (χ1) is 15.2. The summed E-state index contributed by atoms with van der Waals surface area (Å²) >= 11 is 0. The highest BCUT2D eigenvalue weighted by Gasteiger charge is 2.23. The smallest absolute Gasteiger partial charge is 0.131 e. The molecule has 2 fully saturated rings. The van der Waals surface area contributed by atoms with Gasteiger partial charge in [-0.05, 0) is 97.8 Å². The highest BCUT2D eigenvalue weighted by atomic mass is 19.1. The zero-order valence-electron chi connectivity index (χ0n) is 19.7. The lowest BCUT2D eigenvalue weighted by Gasteiger charge is -2.29. The van der Waals surface area contributed by atoms with E-state index in [4.69, 9.17) is 0 Å². The second-order valence-electron chi connectivity index (χ2n) is 10.4. The van der Waals surface area contributed by atoms with E-state index in [0.717, 1.165) is 23.0 Å². The molecule has 0 bridgehead atoms. The topological polar surface area (TPSA) is 0 Å². The van der Waals surface area contributed by atoms with Gasteiger partial charge in [0.25, 0.3) is 0 Å². The molecule has 31 heavy (non-hydrogen) atoms. The fourth-order valence-corrected chi connectivity index (χ4v) is 6.34. The lowest BCUT2D eigenvalue weighted by atomic mass is 9.77. The molecular weight excluding hydrogens is 379 g/mol. The van der Waals surface area contributed by atoms with Gasteiger partial charge in [-0.25, -0.2) is 4.39 Å². The van der Waals surface area contributed by atoms with Gasteiger partial charge in [0.1, 0.15) is 5.82 Å². The zero-order valence-corrected chi connectivity index (χ0v) is 19.7. The Kier molecular flexibility index (Phi) is 7.86. The van der Waals surface area contributed by atoms with Gasteiger partial charge in [0.05, 0.1) is 0 Å². The number of hydrogen-bond acceptors (Lipinski definition) is 0. The largest absolute Gasteiger partial charge is 0.206 e. The van der Waals surface area contributed by atoms with E-state index in [-0.39, 0.29) is 5.82 Å². The van der Waals surface area contributed by atoms with Crippen LogP contribution >= 0.6 is 0 Å². The monoisotopic (exact) mass is 420 g/mol. The van der Waals surface area contributed by atoms with E-state index in [2.05, 4.69) is 44.2 Å². The zero-order chi connectivity index (χ0) is 21.6. The summed E-state index contributed by atoms with van der Waals surface area (Å²) in [4.78, 5) is 0. The molecule has 0 amide bonds. The maximum atomic E-state index is 15.1. The van der Waals surface area contributed by atoms with Crippen LogP contribution in [0.1, 0.15) is 114 Å². The summed E-state index contributed by atoms with van der Waals surface area (Å²) in [5, 5.41) is 0. The van der Waals surface area contributed by atoms with Crippen molar-refractivity contribution in [2.45, 2.75) is 103 Å². The van der Waals surface area contributed by atoms with Crippen molar-refractivity contribution in [2.24, 2.45) is 11.8 Å². The average Bonchev–Trinajstić information content (AvgIpc) is 2.81. The number of benzene rings is 2. The molecule has 0 N–H and O–H groups in total. The lowest BCUT2D eigenvalue weighted by Crippen LogP contribution is -2.13. The number of halogens is 1. The van der Waals surface area contributed by atoms with Crippen molar-refractivity contribution in [1.29, 1.82) is 0 Å². The van der Waals surface area contributed by atoms with Crippen molar-refractivity contribution >= 4 is 0 Å². The molecule has 0 atom stereocenters. The second kappa shape index (κ2) is 10.8. The Morgan fingerprint density at radius 1 is 0.645 bits per heavy atom. The Hall–Kier alpha value is -1.63. The molecule has 0 nitrogen and oxygen atoms in total.